The largest absolute Gasteiger partial charge is 0.304 e. The molecule has 1 saturated heterocycles. The van der Waals surface area contributed by atoms with Crippen molar-refractivity contribution in [3.8, 4) is 0 Å². The van der Waals surface area contributed by atoms with Crippen molar-refractivity contribution in [1.82, 2.24) is 15.3 Å². The Morgan fingerprint density at radius 2 is 1.95 bits per heavy atom. The first-order valence-electron chi connectivity index (χ1n) is 7.68. The van der Waals surface area contributed by atoms with Crippen LogP contribution in [0.2, 0.25) is 0 Å². The Bertz CT molecular complexity index is 512. The van der Waals surface area contributed by atoms with Crippen LogP contribution in [0.25, 0.3) is 0 Å². The summed E-state index contributed by atoms with van der Waals surface area (Å²) < 4.78 is 0. The van der Waals surface area contributed by atoms with Crippen LogP contribution in [-0.4, -0.2) is 54.8 Å². The number of hydrogen-bond donors (Lipinski definition) is 1. The van der Waals surface area contributed by atoms with E-state index < -0.39 is 0 Å². The summed E-state index contributed by atoms with van der Waals surface area (Å²) in [4.78, 5) is 15.5. The Hall–Kier alpha value is -1.04. The minimum atomic E-state index is 0.102. The molecule has 3 rings (SSSR count). The summed E-state index contributed by atoms with van der Waals surface area (Å²) in [6.07, 6.45) is 3.68. The molecule has 0 spiro atoms. The molecule has 4 nitrogen and oxygen atoms in total. The van der Waals surface area contributed by atoms with Crippen molar-refractivity contribution in [2.24, 2.45) is 0 Å². The first-order chi connectivity index (χ1) is 10.2. The molecule has 0 aromatic heterocycles. The van der Waals surface area contributed by atoms with Gasteiger partial charge in [-0.3, -0.25) is 10.2 Å². The Morgan fingerprint density at radius 3 is 2.76 bits per heavy atom. The zero-order chi connectivity index (χ0) is 14.7. The van der Waals surface area contributed by atoms with Gasteiger partial charge in [0.2, 0.25) is 5.91 Å². The van der Waals surface area contributed by atoms with Gasteiger partial charge in [-0.2, -0.15) is 0 Å². The molecule has 1 amide bonds. The molecule has 1 heterocycles. The number of carbonyl (C=O) groups excluding carboxylic acids is 1. The van der Waals surface area contributed by atoms with Crippen LogP contribution in [0.4, 0.5) is 0 Å². The molecule has 0 atom stereocenters. The molecular formula is C16H23N3OS. The van der Waals surface area contributed by atoms with Crippen LogP contribution >= 0.6 is 11.8 Å². The van der Waals surface area contributed by atoms with Crippen molar-refractivity contribution >= 4 is 17.7 Å². The van der Waals surface area contributed by atoms with Gasteiger partial charge in [-0.05, 0) is 49.6 Å². The van der Waals surface area contributed by atoms with Gasteiger partial charge in [0.15, 0.2) is 0 Å². The van der Waals surface area contributed by atoms with E-state index in [4.69, 9.17) is 0 Å². The first kappa shape index (κ1) is 14.9. The van der Waals surface area contributed by atoms with E-state index >= 15 is 0 Å². The maximum atomic E-state index is 12.0. The van der Waals surface area contributed by atoms with E-state index in [1.165, 1.54) is 35.3 Å². The van der Waals surface area contributed by atoms with Gasteiger partial charge in [0.05, 0.1) is 5.75 Å². The first-order valence-corrected chi connectivity index (χ1v) is 8.67. The number of nitrogens with zero attached hydrogens (tertiary/aromatic N) is 2. The van der Waals surface area contributed by atoms with E-state index in [0.717, 1.165) is 26.2 Å². The summed E-state index contributed by atoms with van der Waals surface area (Å²) in [6, 6.07) is 6.64. The van der Waals surface area contributed by atoms with E-state index in [0.29, 0.717) is 5.75 Å². The van der Waals surface area contributed by atoms with Gasteiger partial charge in [-0.1, -0.05) is 6.07 Å². The van der Waals surface area contributed by atoms with E-state index in [9.17, 15) is 4.79 Å². The Balaban J connectivity index is 1.45. The number of benzene rings is 1. The molecule has 114 valence electrons. The molecule has 5 heteroatoms. The number of carbonyl (C=O) groups is 1. The van der Waals surface area contributed by atoms with Gasteiger partial charge < -0.3 is 4.90 Å². The number of rotatable bonds is 4. The highest BCUT2D eigenvalue weighted by Gasteiger charge is 2.16. The van der Waals surface area contributed by atoms with Gasteiger partial charge >= 0.3 is 0 Å². The van der Waals surface area contributed by atoms with E-state index in [-0.39, 0.29) is 5.91 Å². The van der Waals surface area contributed by atoms with Gasteiger partial charge in [0.25, 0.3) is 0 Å². The predicted octanol–water partition coefficient (Wildman–Crippen LogP) is 1.55. The number of hydrogen-bond acceptors (Lipinski definition) is 4. The second-order valence-electron chi connectivity index (χ2n) is 5.90. The normalized spacial score (nSPS) is 19.5. The van der Waals surface area contributed by atoms with Crippen molar-refractivity contribution in [3.05, 3.63) is 29.3 Å². The molecule has 1 N–H and O–H groups in total. The second kappa shape index (κ2) is 6.81. The van der Waals surface area contributed by atoms with Gasteiger partial charge in [-0.15, -0.1) is 11.8 Å². The lowest BCUT2D eigenvalue weighted by Crippen LogP contribution is -2.52. The molecule has 1 fully saturated rings. The topological polar surface area (TPSA) is 35.6 Å². The summed E-state index contributed by atoms with van der Waals surface area (Å²) in [5.74, 6) is 0.593. The molecule has 0 radical (unpaired) electrons. The average Bonchev–Trinajstić information content (AvgIpc) is 2.95. The zero-order valence-electron chi connectivity index (χ0n) is 12.6. The van der Waals surface area contributed by atoms with Crippen LogP contribution in [0.5, 0.6) is 0 Å². The van der Waals surface area contributed by atoms with Crippen molar-refractivity contribution in [2.75, 3.05) is 39.0 Å². The zero-order valence-corrected chi connectivity index (χ0v) is 13.4. The molecule has 1 aromatic carbocycles. The molecule has 0 bridgehead atoms. The van der Waals surface area contributed by atoms with Crippen LogP contribution in [0.1, 0.15) is 17.5 Å². The lowest BCUT2D eigenvalue weighted by atomic mass is 10.1. The molecule has 1 aliphatic heterocycles. The van der Waals surface area contributed by atoms with Crippen molar-refractivity contribution in [1.29, 1.82) is 0 Å². The number of hydrazine groups is 1. The van der Waals surface area contributed by atoms with Gasteiger partial charge in [0, 0.05) is 31.1 Å². The molecule has 0 saturated carbocycles. The third-order valence-corrected chi connectivity index (χ3v) is 5.22. The van der Waals surface area contributed by atoms with E-state index in [1.54, 1.807) is 11.8 Å². The third kappa shape index (κ3) is 3.99. The van der Waals surface area contributed by atoms with Crippen LogP contribution in [0, 0.1) is 0 Å². The Labute approximate surface area is 130 Å². The maximum absolute atomic E-state index is 12.0. The molecule has 2 aliphatic rings. The minimum Gasteiger partial charge on any atom is -0.304 e. The highest BCUT2D eigenvalue weighted by molar-refractivity contribution is 8.00. The summed E-state index contributed by atoms with van der Waals surface area (Å²) in [6.45, 7) is 3.84. The molecule has 0 unspecified atom stereocenters. The van der Waals surface area contributed by atoms with Crippen LogP contribution in [0.3, 0.4) is 0 Å². The van der Waals surface area contributed by atoms with Crippen LogP contribution < -0.4 is 5.43 Å². The maximum Gasteiger partial charge on any atom is 0.244 e. The number of amides is 1. The SMILES string of the molecule is CN1CCN(NC(=O)CSc2ccc3c(c2)CCC3)CC1. The van der Waals surface area contributed by atoms with Gasteiger partial charge in [-0.25, -0.2) is 5.01 Å². The fourth-order valence-corrected chi connectivity index (χ4v) is 3.67. The fourth-order valence-electron chi connectivity index (χ4n) is 2.91. The summed E-state index contributed by atoms with van der Waals surface area (Å²) in [5.41, 5.74) is 5.97. The second-order valence-corrected chi connectivity index (χ2v) is 6.95. The van der Waals surface area contributed by atoms with Crippen LogP contribution in [0.15, 0.2) is 23.1 Å². The minimum absolute atomic E-state index is 0.102. The predicted molar refractivity (Wildman–Crippen MR) is 86.4 cm³/mol. The number of likely N-dealkylation sites (N-methyl/N-ethyl adjacent to an activating group) is 1. The van der Waals surface area contributed by atoms with Crippen molar-refractivity contribution < 1.29 is 4.79 Å². The quantitative estimate of drug-likeness (QED) is 0.856. The number of aryl methyl sites for hydroxylation is 2. The Morgan fingerprint density at radius 1 is 1.19 bits per heavy atom. The van der Waals surface area contributed by atoms with Crippen LogP contribution in [-0.2, 0) is 17.6 Å². The van der Waals surface area contributed by atoms with Crippen molar-refractivity contribution in [2.45, 2.75) is 24.2 Å². The average molecular weight is 305 g/mol. The molecule has 21 heavy (non-hydrogen) atoms. The molecular weight excluding hydrogens is 282 g/mol. The summed E-state index contributed by atoms with van der Waals surface area (Å²) in [5, 5.41) is 2.03. The number of piperazine rings is 1. The van der Waals surface area contributed by atoms with Gasteiger partial charge in [0.1, 0.15) is 0 Å². The highest BCUT2D eigenvalue weighted by atomic mass is 32.2. The van der Waals surface area contributed by atoms with Crippen molar-refractivity contribution in [3.63, 3.8) is 0 Å². The Kier molecular flexibility index (Phi) is 4.83. The molecule has 1 aromatic rings. The number of thioether (sulfide) groups is 1. The number of fused-ring (bicyclic) bond motifs is 1. The fraction of sp³-hybridized carbons (Fsp3) is 0.562. The summed E-state index contributed by atoms with van der Waals surface area (Å²) >= 11 is 1.63. The highest BCUT2D eigenvalue weighted by Crippen LogP contribution is 2.27. The smallest absolute Gasteiger partial charge is 0.244 e. The number of nitrogens with one attached hydrogen (secondary N) is 1. The third-order valence-electron chi connectivity index (χ3n) is 4.23. The van der Waals surface area contributed by atoms with E-state index in [1.807, 2.05) is 5.01 Å². The van der Waals surface area contributed by atoms with E-state index in [2.05, 4.69) is 35.6 Å². The standard InChI is InChI=1S/C16H23N3OS/c1-18-7-9-19(10-8-18)17-16(20)12-21-15-6-5-13-3-2-4-14(13)11-15/h5-6,11H,2-4,7-10,12H2,1H3,(H,17,20). The monoisotopic (exact) mass is 305 g/mol. The molecule has 1 aliphatic carbocycles. The lowest BCUT2D eigenvalue weighted by molar-refractivity contribution is -0.124. The summed E-state index contributed by atoms with van der Waals surface area (Å²) in [7, 11) is 2.11. The lowest BCUT2D eigenvalue weighted by Gasteiger charge is -2.32.